The summed E-state index contributed by atoms with van der Waals surface area (Å²) < 4.78 is 10.0. The Morgan fingerprint density at radius 1 is 0.935 bits per heavy atom. The number of amides is 2. The maximum atomic E-state index is 12.1. The van der Waals surface area contributed by atoms with E-state index in [1.165, 1.54) is 0 Å². The second kappa shape index (κ2) is 10.7. The fourth-order valence-corrected chi connectivity index (χ4v) is 2.56. The van der Waals surface area contributed by atoms with E-state index in [-0.39, 0.29) is 71.9 Å². The lowest BCUT2D eigenvalue weighted by atomic mass is 10.0. The van der Waals surface area contributed by atoms with Crippen LogP contribution in [0.25, 0.3) is 11.4 Å². The molecule has 31 heavy (non-hydrogen) atoms. The van der Waals surface area contributed by atoms with Crippen molar-refractivity contribution in [3.8, 4) is 11.4 Å². The summed E-state index contributed by atoms with van der Waals surface area (Å²) in [5.74, 6) is 0.140. The molecule has 170 valence electrons. The van der Waals surface area contributed by atoms with Crippen LogP contribution >= 0.6 is 0 Å². The average molecular weight is 436 g/mol. The minimum Gasteiger partial charge on any atom is -0.450 e. The van der Waals surface area contributed by atoms with Gasteiger partial charge in [-0.05, 0) is 6.92 Å². The summed E-state index contributed by atoms with van der Waals surface area (Å²) in [6.07, 6.45) is -0.560. The first kappa shape index (κ1) is 23.3. The van der Waals surface area contributed by atoms with Gasteiger partial charge in [0.15, 0.2) is 5.82 Å². The van der Waals surface area contributed by atoms with Crippen LogP contribution < -0.4 is 39.3 Å². The largest absolute Gasteiger partial charge is 0.450 e. The molecule has 0 saturated heterocycles. The highest BCUT2D eigenvalue weighted by molar-refractivity contribution is 6.04. The molecular weight excluding hydrogens is 408 g/mol. The zero-order valence-corrected chi connectivity index (χ0v) is 17.2. The van der Waals surface area contributed by atoms with Gasteiger partial charge in [0.2, 0.25) is 5.91 Å². The topological polar surface area (TPSA) is 248 Å². The Morgan fingerprint density at radius 2 is 1.52 bits per heavy atom. The number of nitrogens with one attached hydrogen (secondary N) is 3. The Bertz CT molecular complexity index is 901. The van der Waals surface area contributed by atoms with E-state index >= 15 is 0 Å². The van der Waals surface area contributed by atoms with E-state index in [0.29, 0.717) is 19.0 Å². The van der Waals surface area contributed by atoms with Crippen molar-refractivity contribution in [2.24, 2.45) is 0 Å². The third-order valence-electron chi connectivity index (χ3n) is 4.14. The number of aromatic amines is 1. The number of carbonyl (C=O) groups is 2. The molecule has 0 bridgehead atoms. The lowest BCUT2D eigenvalue weighted by molar-refractivity contribution is -0.120. The number of nitrogen functional groups attached to an aromatic ring is 5. The van der Waals surface area contributed by atoms with E-state index < -0.39 is 6.09 Å². The molecule has 2 aromatic rings. The van der Waals surface area contributed by atoms with Crippen LogP contribution in [0.15, 0.2) is 0 Å². The van der Waals surface area contributed by atoms with E-state index in [1.54, 1.807) is 6.92 Å². The highest BCUT2D eigenvalue weighted by Crippen LogP contribution is 2.42. The Labute approximate surface area is 178 Å². The van der Waals surface area contributed by atoms with Crippen molar-refractivity contribution in [3.63, 3.8) is 0 Å². The number of ether oxygens (including phenoxy) is 2. The lowest BCUT2D eigenvalue weighted by Crippen LogP contribution is -2.31. The molecule has 14 heteroatoms. The normalized spacial score (nSPS) is 10.6. The highest BCUT2D eigenvalue weighted by Gasteiger charge is 2.21. The van der Waals surface area contributed by atoms with Gasteiger partial charge in [0, 0.05) is 13.1 Å². The van der Waals surface area contributed by atoms with Crippen molar-refractivity contribution in [2.45, 2.75) is 13.3 Å². The van der Waals surface area contributed by atoms with E-state index in [1.807, 2.05) is 0 Å². The van der Waals surface area contributed by atoms with Crippen LogP contribution in [-0.2, 0) is 20.7 Å². The van der Waals surface area contributed by atoms with Crippen LogP contribution in [0, 0.1) is 0 Å². The molecule has 2 amide bonds. The fraction of sp³-hybridized carbons (Fsp3) is 0.412. The Morgan fingerprint density at radius 3 is 2.13 bits per heavy atom. The number of nitrogens with zero attached hydrogens (tertiary/aromatic N) is 2. The lowest BCUT2D eigenvalue weighted by Gasteiger charge is -2.14. The maximum absolute atomic E-state index is 12.1. The summed E-state index contributed by atoms with van der Waals surface area (Å²) in [5, 5.41) is 11.9. The summed E-state index contributed by atoms with van der Waals surface area (Å²) in [6.45, 7) is 3.16. The Kier molecular flexibility index (Phi) is 8.08. The number of aromatic nitrogens is 3. The van der Waals surface area contributed by atoms with Crippen LogP contribution in [0.4, 0.5) is 33.2 Å². The zero-order chi connectivity index (χ0) is 23.0. The predicted molar refractivity (Wildman–Crippen MR) is 116 cm³/mol. The number of anilines is 5. The number of alkyl carbamates (subject to hydrolysis) is 1. The molecule has 0 aliphatic rings. The van der Waals surface area contributed by atoms with Gasteiger partial charge in [-0.2, -0.15) is 5.10 Å². The van der Waals surface area contributed by atoms with Gasteiger partial charge in [-0.1, -0.05) is 0 Å². The van der Waals surface area contributed by atoms with Gasteiger partial charge in [-0.15, -0.1) is 0 Å². The second-order valence-corrected chi connectivity index (χ2v) is 6.34. The van der Waals surface area contributed by atoms with Crippen molar-refractivity contribution < 1.29 is 19.1 Å². The molecule has 0 saturated carbocycles. The van der Waals surface area contributed by atoms with Gasteiger partial charge in [-0.3, -0.25) is 9.89 Å². The van der Waals surface area contributed by atoms with Gasteiger partial charge in [0.25, 0.3) is 0 Å². The summed E-state index contributed by atoms with van der Waals surface area (Å²) >= 11 is 0. The minimum atomic E-state index is -0.501. The van der Waals surface area contributed by atoms with Crippen molar-refractivity contribution in [1.29, 1.82) is 0 Å². The number of nitrogens with two attached hydrogens (primary N) is 5. The maximum Gasteiger partial charge on any atom is 0.407 e. The van der Waals surface area contributed by atoms with E-state index in [9.17, 15) is 9.59 Å². The molecule has 0 unspecified atom stereocenters. The molecule has 0 fully saturated rings. The van der Waals surface area contributed by atoms with Crippen LogP contribution in [0.5, 0.6) is 0 Å². The molecule has 1 aromatic carbocycles. The second-order valence-electron chi connectivity index (χ2n) is 6.34. The van der Waals surface area contributed by atoms with Gasteiger partial charge >= 0.3 is 6.09 Å². The van der Waals surface area contributed by atoms with E-state index in [0.717, 1.165) is 0 Å². The summed E-state index contributed by atoms with van der Waals surface area (Å²) in [7, 11) is 0. The molecule has 14 nitrogen and oxygen atoms in total. The average Bonchev–Trinajstić information content (AvgIpc) is 3.18. The van der Waals surface area contributed by atoms with Gasteiger partial charge < -0.3 is 48.8 Å². The van der Waals surface area contributed by atoms with Crippen molar-refractivity contribution >= 4 is 40.4 Å². The first-order chi connectivity index (χ1) is 14.8. The molecule has 1 aromatic heterocycles. The Balaban J connectivity index is 1.81. The van der Waals surface area contributed by atoms with Crippen molar-refractivity contribution in [1.82, 2.24) is 25.8 Å². The number of hydrogen-bond donors (Lipinski definition) is 8. The summed E-state index contributed by atoms with van der Waals surface area (Å²) in [6, 6.07) is 0. The molecule has 0 aliphatic heterocycles. The van der Waals surface area contributed by atoms with Crippen LogP contribution in [0.3, 0.4) is 0 Å². The highest BCUT2D eigenvalue weighted by atomic mass is 16.5. The molecule has 0 radical (unpaired) electrons. The molecular formula is C17H28N10O4. The zero-order valence-electron chi connectivity index (χ0n) is 17.2. The number of H-pyrrole nitrogens is 1. The monoisotopic (exact) mass is 436 g/mol. The standard InChI is InChI=1S/C17H28N10O4/c1-2-31-17(29)24-4-6-30-5-3-23-9(28)7-8-25-16(27-26-8)10-11(18)13(20)15(22)14(21)12(10)19/h2-7,18-22H2,1H3,(H,23,28)(H,24,29)(H,25,26,27). The smallest absolute Gasteiger partial charge is 0.407 e. The number of benzene rings is 1. The predicted octanol–water partition coefficient (Wildman–Crippen LogP) is -1.20. The quantitative estimate of drug-likeness (QED) is 0.162. The molecule has 0 aliphatic carbocycles. The first-order valence-electron chi connectivity index (χ1n) is 9.44. The van der Waals surface area contributed by atoms with E-state index in [2.05, 4.69) is 25.8 Å². The summed E-state index contributed by atoms with van der Waals surface area (Å²) in [4.78, 5) is 27.4. The number of rotatable bonds is 10. The van der Waals surface area contributed by atoms with Gasteiger partial charge in [0.05, 0.1) is 60.2 Å². The first-order valence-corrected chi connectivity index (χ1v) is 9.44. The van der Waals surface area contributed by atoms with Gasteiger partial charge in [0.1, 0.15) is 5.82 Å². The minimum absolute atomic E-state index is 0.0584. The summed E-state index contributed by atoms with van der Waals surface area (Å²) in [5.41, 5.74) is 30.2. The van der Waals surface area contributed by atoms with Gasteiger partial charge in [-0.25, -0.2) is 9.78 Å². The van der Waals surface area contributed by atoms with E-state index in [4.69, 9.17) is 38.1 Å². The van der Waals surface area contributed by atoms with Crippen molar-refractivity contribution in [3.05, 3.63) is 5.82 Å². The van der Waals surface area contributed by atoms with Crippen LogP contribution in [-0.4, -0.2) is 60.1 Å². The molecule has 2 rings (SSSR count). The molecule has 13 N–H and O–H groups in total. The third-order valence-corrected chi connectivity index (χ3v) is 4.14. The third kappa shape index (κ3) is 6.02. The van der Waals surface area contributed by atoms with Crippen LogP contribution in [0.1, 0.15) is 12.7 Å². The Hall–Kier alpha value is -3.94. The fourth-order valence-electron chi connectivity index (χ4n) is 2.56. The van der Waals surface area contributed by atoms with Crippen molar-refractivity contribution in [2.75, 3.05) is 61.6 Å². The molecule has 1 heterocycles. The SMILES string of the molecule is CCOC(=O)NCCOCCNC(=O)Cc1nc(-c2c(N)c(N)c(N)c(N)c2N)n[nH]1. The molecule has 0 atom stereocenters. The van der Waals surface area contributed by atoms with Crippen LogP contribution in [0.2, 0.25) is 0 Å². The number of hydrogen-bond acceptors (Lipinski definition) is 11. The number of carbonyl (C=O) groups excluding carboxylic acids is 2. The molecule has 0 spiro atoms.